The second kappa shape index (κ2) is 7.61. The molecule has 3 rings (SSSR count). The van der Waals surface area contributed by atoms with Gasteiger partial charge in [0.15, 0.2) is 0 Å². The first-order valence-electron chi connectivity index (χ1n) is 8.50. The molecular weight excluding hydrogens is 353 g/mol. The van der Waals surface area contributed by atoms with Crippen molar-refractivity contribution in [3.8, 4) is 11.6 Å². The fraction of sp³-hybridized carbons (Fsp3) is 0.316. The summed E-state index contributed by atoms with van der Waals surface area (Å²) in [7, 11) is 0. The molecule has 0 radical (unpaired) electrons. The Morgan fingerprint density at radius 2 is 2.07 bits per heavy atom. The van der Waals surface area contributed by atoms with Gasteiger partial charge in [-0.1, -0.05) is 0 Å². The van der Waals surface area contributed by atoms with E-state index < -0.39 is 11.4 Å². The highest BCUT2D eigenvalue weighted by atomic mass is 19.1. The van der Waals surface area contributed by atoms with Gasteiger partial charge in [-0.25, -0.2) is 14.2 Å². The number of carboxylic acids is 1. The number of aliphatic carboxylic acids is 1. The van der Waals surface area contributed by atoms with Crippen molar-refractivity contribution < 1.29 is 23.8 Å². The number of rotatable bonds is 5. The molecule has 1 fully saturated rings. The van der Waals surface area contributed by atoms with Crippen molar-refractivity contribution in [3.05, 3.63) is 54.0 Å². The molecule has 27 heavy (non-hydrogen) atoms. The lowest BCUT2D eigenvalue weighted by Gasteiger charge is -2.20. The van der Waals surface area contributed by atoms with Crippen LogP contribution in [0.4, 0.5) is 9.18 Å². The smallest absolute Gasteiger partial charge is 0.317 e. The average molecular weight is 373 g/mol. The summed E-state index contributed by atoms with van der Waals surface area (Å²) in [6.07, 6.45) is 1.98. The largest absolute Gasteiger partial charge is 0.481 e. The van der Waals surface area contributed by atoms with Gasteiger partial charge in [0.05, 0.1) is 5.41 Å². The van der Waals surface area contributed by atoms with E-state index in [4.69, 9.17) is 4.74 Å². The highest BCUT2D eigenvalue weighted by Gasteiger charge is 2.42. The number of carbonyl (C=O) groups excluding carboxylic acids is 1. The monoisotopic (exact) mass is 373 g/mol. The van der Waals surface area contributed by atoms with Crippen LogP contribution in [-0.2, 0) is 11.3 Å². The maximum Gasteiger partial charge on any atom is 0.317 e. The minimum Gasteiger partial charge on any atom is -0.481 e. The molecule has 0 aliphatic carbocycles. The van der Waals surface area contributed by atoms with Crippen molar-refractivity contribution in [1.29, 1.82) is 0 Å². The molecule has 0 saturated carbocycles. The Kier molecular flexibility index (Phi) is 5.25. The number of urea groups is 1. The SMILES string of the molecule is CC1(C(=O)O)CCN(C(=O)NCc2ccnc(Oc3ccc(F)cc3)c2)C1. The predicted octanol–water partition coefficient (Wildman–Crippen LogP) is 3.02. The molecule has 7 nitrogen and oxygen atoms in total. The summed E-state index contributed by atoms with van der Waals surface area (Å²) in [4.78, 5) is 29.2. The molecule has 2 aromatic rings. The van der Waals surface area contributed by atoms with Crippen molar-refractivity contribution in [3.63, 3.8) is 0 Å². The van der Waals surface area contributed by atoms with Crippen molar-refractivity contribution in [1.82, 2.24) is 15.2 Å². The van der Waals surface area contributed by atoms with E-state index in [9.17, 15) is 19.1 Å². The zero-order chi connectivity index (χ0) is 19.4. The van der Waals surface area contributed by atoms with Gasteiger partial charge < -0.3 is 20.1 Å². The molecule has 1 unspecified atom stereocenters. The van der Waals surface area contributed by atoms with Crippen LogP contribution >= 0.6 is 0 Å². The van der Waals surface area contributed by atoms with E-state index in [-0.39, 0.29) is 24.9 Å². The van der Waals surface area contributed by atoms with E-state index in [0.717, 1.165) is 5.56 Å². The average Bonchev–Trinajstić information content (AvgIpc) is 3.06. The summed E-state index contributed by atoms with van der Waals surface area (Å²) >= 11 is 0. The van der Waals surface area contributed by atoms with Crippen LogP contribution < -0.4 is 10.1 Å². The van der Waals surface area contributed by atoms with E-state index >= 15 is 0 Å². The molecule has 1 atom stereocenters. The maximum absolute atomic E-state index is 12.9. The summed E-state index contributed by atoms with van der Waals surface area (Å²) < 4.78 is 18.5. The third kappa shape index (κ3) is 4.52. The van der Waals surface area contributed by atoms with Gasteiger partial charge in [0.2, 0.25) is 5.88 Å². The third-order valence-electron chi connectivity index (χ3n) is 4.56. The summed E-state index contributed by atoms with van der Waals surface area (Å²) in [6.45, 7) is 2.49. The Morgan fingerprint density at radius 3 is 2.74 bits per heavy atom. The first-order valence-corrected chi connectivity index (χ1v) is 8.50. The topological polar surface area (TPSA) is 91.8 Å². The van der Waals surface area contributed by atoms with E-state index in [2.05, 4.69) is 10.3 Å². The Balaban J connectivity index is 1.56. The van der Waals surface area contributed by atoms with Gasteiger partial charge in [0.1, 0.15) is 11.6 Å². The second-order valence-electron chi connectivity index (χ2n) is 6.75. The van der Waals surface area contributed by atoms with Gasteiger partial charge in [0, 0.05) is 31.9 Å². The second-order valence-corrected chi connectivity index (χ2v) is 6.75. The van der Waals surface area contributed by atoms with Crippen LogP contribution in [0.15, 0.2) is 42.6 Å². The summed E-state index contributed by atoms with van der Waals surface area (Å²) in [5.41, 5.74) is -0.125. The van der Waals surface area contributed by atoms with Crippen molar-refractivity contribution in [2.75, 3.05) is 13.1 Å². The van der Waals surface area contributed by atoms with E-state index in [1.165, 1.54) is 29.2 Å². The minimum atomic E-state index is -0.899. The molecule has 1 saturated heterocycles. The Labute approximate surface area is 155 Å². The first-order chi connectivity index (χ1) is 12.9. The maximum atomic E-state index is 12.9. The Hall–Kier alpha value is -3.16. The standard InChI is InChI=1S/C19H20FN3O4/c1-19(17(24)25)7-9-23(12-19)18(26)22-11-13-6-8-21-16(10-13)27-15-4-2-14(20)3-5-15/h2-6,8,10H,7,9,11-12H2,1H3,(H,22,26)(H,24,25). The van der Waals surface area contributed by atoms with Crippen molar-refractivity contribution >= 4 is 12.0 Å². The van der Waals surface area contributed by atoms with Crippen LogP contribution in [0.5, 0.6) is 11.6 Å². The zero-order valence-corrected chi connectivity index (χ0v) is 14.8. The van der Waals surface area contributed by atoms with Gasteiger partial charge in [-0.2, -0.15) is 0 Å². The number of ether oxygens (including phenoxy) is 1. The quantitative estimate of drug-likeness (QED) is 0.841. The van der Waals surface area contributed by atoms with Gasteiger partial charge >= 0.3 is 12.0 Å². The molecule has 1 aliphatic rings. The van der Waals surface area contributed by atoms with Crippen LogP contribution in [0.25, 0.3) is 0 Å². The zero-order valence-electron chi connectivity index (χ0n) is 14.8. The molecule has 0 spiro atoms. The number of benzene rings is 1. The summed E-state index contributed by atoms with van der Waals surface area (Å²) in [5.74, 6) is -0.467. The molecule has 1 aliphatic heterocycles. The first kappa shape index (κ1) is 18.6. The molecule has 2 amide bonds. The van der Waals surface area contributed by atoms with E-state index in [0.29, 0.717) is 24.6 Å². The number of halogens is 1. The number of carboxylic acid groups (broad SMARTS) is 1. The number of pyridine rings is 1. The molecule has 142 valence electrons. The number of nitrogens with zero attached hydrogens (tertiary/aromatic N) is 2. The Morgan fingerprint density at radius 1 is 1.33 bits per heavy atom. The van der Waals surface area contributed by atoms with E-state index in [1.807, 2.05) is 0 Å². The molecular formula is C19H20FN3O4. The molecule has 8 heteroatoms. The fourth-order valence-electron chi connectivity index (χ4n) is 2.84. The highest BCUT2D eigenvalue weighted by Crippen LogP contribution is 2.30. The van der Waals surface area contributed by atoms with Gasteiger partial charge in [-0.05, 0) is 49.2 Å². The Bertz CT molecular complexity index is 843. The van der Waals surface area contributed by atoms with Gasteiger partial charge in [0.25, 0.3) is 0 Å². The highest BCUT2D eigenvalue weighted by molar-refractivity contribution is 5.79. The number of carbonyl (C=O) groups is 2. The number of aromatic nitrogens is 1. The van der Waals surface area contributed by atoms with E-state index in [1.54, 1.807) is 25.3 Å². The van der Waals surface area contributed by atoms with Crippen LogP contribution in [0, 0.1) is 11.2 Å². The molecule has 2 N–H and O–H groups in total. The molecule has 1 aromatic heterocycles. The number of amides is 2. The van der Waals surface area contributed by atoms with Gasteiger partial charge in [-0.3, -0.25) is 4.79 Å². The number of likely N-dealkylation sites (tertiary alicyclic amines) is 1. The molecule has 1 aromatic carbocycles. The fourth-order valence-corrected chi connectivity index (χ4v) is 2.84. The van der Waals surface area contributed by atoms with Gasteiger partial charge in [-0.15, -0.1) is 0 Å². The summed E-state index contributed by atoms with van der Waals surface area (Å²) in [5, 5.41) is 12.0. The number of nitrogens with one attached hydrogen (secondary N) is 1. The number of hydrogen-bond donors (Lipinski definition) is 2. The van der Waals surface area contributed by atoms with Crippen LogP contribution in [0.2, 0.25) is 0 Å². The third-order valence-corrected chi connectivity index (χ3v) is 4.56. The minimum absolute atomic E-state index is 0.184. The lowest BCUT2D eigenvalue weighted by Crippen LogP contribution is -2.40. The molecule has 2 heterocycles. The van der Waals surface area contributed by atoms with Crippen molar-refractivity contribution in [2.24, 2.45) is 5.41 Å². The van der Waals surface area contributed by atoms with Crippen molar-refractivity contribution in [2.45, 2.75) is 19.9 Å². The van der Waals surface area contributed by atoms with Crippen LogP contribution in [0.1, 0.15) is 18.9 Å². The lowest BCUT2D eigenvalue weighted by atomic mass is 9.90. The normalized spacial score (nSPS) is 19.0. The van der Waals surface area contributed by atoms with Crippen LogP contribution in [-0.4, -0.2) is 40.1 Å². The lowest BCUT2D eigenvalue weighted by molar-refractivity contribution is -0.147. The van der Waals surface area contributed by atoms with Crippen LogP contribution in [0.3, 0.4) is 0 Å². The molecule has 0 bridgehead atoms. The summed E-state index contributed by atoms with van der Waals surface area (Å²) in [6, 6.07) is 8.69. The number of hydrogen-bond acceptors (Lipinski definition) is 4. The predicted molar refractivity (Wildman–Crippen MR) is 94.9 cm³/mol.